The van der Waals surface area contributed by atoms with Crippen molar-refractivity contribution < 1.29 is 32.6 Å². The van der Waals surface area contributed by atoms with Crippen LogP contribution in [0.2, 0.25) is 10.0 Å². The first-order valence-electron chi connectivity index (χ1n) is 20.1. The third-order valence-electron chi connectivity index (χ3n) is 11.0. The monoisotopic (exact) mass is 872 g/mol. The Hall–Kier alpha value is -5.15. The molecule has 0 aliphatic carbocycles. The zero-order valence-corrected chi connectivity index (χ0v) is 35.2. The Labute approximate surface area is 364 Å². The Morgan fingerprint density at radius 1 is 0.656 bits per heavy atom. The van der Waals surface area contributed by atoms with Crippen molar-refractivity contribution in [1.29, 1.82) is 0 Å². The molecule has 4 unspecified atom stereocenters. The number of halogens is 4. The normalized spacial score (nSPS) is 21.6. The summed E-state index contributed by atoms with van der Waals surface area (Å²) in [5.41, 5.74) is 10.6. The fourth-order valence-corrected chi connectivity index (χ4v) is 8.69. The van der Waals surface area contributed by atoms with Crippen molar-refractivity contribution in [2.75, 3.05) is 63.7 Å². The minimum atomic E-state index is -0.247. The quantitative estimate of drug-likeness (QED) is 0.140. The van der Waals surface area contributed by atoms with E-state index in [-0.39, 0.29) is 53.5 Å². The Bertz CT molecular complexity index is 2230. The molecule has 0 saturated carbocycles. The van der Waals surface area contributed by atoms with E-state index in [1.807, 2.05) is 9.80 Å². The fraction of sp³-hybridized carbons (Fsp3) is 0.326. The van der Waals surface area contributed by atoms with Gasteiger partial charge in [-0.3, -0.25) is 24.2 Å². The first kappa shape index (κ1) is 43.9. The molecule has 4 fully saturated rings. The van der Waals surface area contributed by atoms with E-state index in [1.165, 1.54) is 37.3 Å². The number of nitrogens with two attached hydrogens (primary N) is 1. The average Bonchev–Trinajstić information content (AvgIpc) is 3.21. The first-order valence-corrected chi connectivity index (χ1v) is 20.9. The van der Waals surface area contributed by atoms with Crippen molar-refractivity contribution in [2.45, 2.75) is 44.2 Å². The number of rotatable bonds is 9. The zero-order valence-electron chi connectivity index (χ0n) is 33.7. The van der Waals surface area contributed by atoms with Gasteiger partial charge in [-0.2, -0.15) is 0 Å². The van der Waals surface area contributed by atoms with E-state index in [9.17, 15) is 23.2 Å². The Kier molecular flexibility index (Phi) is 14.5. The Morgan fingerprint density at radius 3 is 1.49 bits per heavy atom. The van der Waals surface area contributed by atoms with Crippen LogP contribution in [0.25, 0.3) is 12.2 Å². The van der Waals surface area contributed by atoms with Gasteiger partial charge in [0.25, 0.3) is 0 Å². The summed E-state index contributed by atoms with van der Waals surface area (Å²) in [5, 5.41) is 3.81. The molecule has 4 bridgehead atoms. The summed E-state index contributed by atoms with van der Waals surface area (Å²) in [6.45, 7) is 7.65. The molecule has 4 aliphatic rings. The second-order valence-corrected chi connectivity index (χ2v) is 16.5. The second kappa shape index (κ2) is 20.1. The Balaban J connectivity index is 0.000000185. The maximum atomic E-state index is 13.2. The van der Waals surface area contributed by atoms with Crippen molar-refractivity contribution in [1.82, 2.24) is 19.6 Å². The third kappa shape index (κ3) is 11.6. The number of carbonyl (C=O) groups excluding carboxylic acids is 3. The minimum Gasteiger partial charge on any atom is -0.398 e. The number of benzene rings is 4. The molecule has 8 rings (SSSR count). The molecule has 4 aromatic carbocycles. The molecular weight excluding hydrogens is 825 g/mol. The molecule has 15 heteroatoms. The van der Waals surface area contributed by atoms with E-state index in [1.54, 1.807) is 78.9 Å². The van der Waals surface area contributed by atoms with Gasteiger partial charge < -0.3 is 30.3 Å². The van der Waals surface area contributed by atoms with E-state index in [0.717, 1.165) is 36.3 Å². The van der Waals surface area contributed by atoms with Crippen molar-refractivity contribution in [3.8, 4) is 0 Å². The summed E-state index contributed by atoms with van der Waals surface area (Å²) in [6, 6.07) is 23.3. The van der Waals surface area contributed by atoms with Crippen molar-refractivity contribution >= 4 is 64.5 Å². The van der Waals surface area contributed by atoms with E-state index in [2.05, 4.69) is 15.1 Å². The number of piperazine rings is 2. The minimum absolute atomic E-state index is 0.0114. The van der Waals surface area contributed by atoms with Crippen LogP contribution in [0, 0.1) is 11.6 Å². The highest BCUT2D eigenvalue weighted by Crippen LogP contribution is 2.27. The van der Waals surface area contributed by atoms with Gasteiger partial charge in [0.05, 0.1) is 50.6 Å². The number of anilines is 2. The molecular formula is C46H48Cl2F2N6O5. The molecule has 4 aliphatic heterocycles. The lowest BCUT2D eigenvalue weighted by molar-refractivity contribution is -0.150. The SMILES string of the molecule is CC(=O)Nc1cc(Cl)ccc1/C=C/C(=O)N1C2COCC1CN(Cc1ccc(F)cc1)C2.Nc1cc(Cl)ccc1/C=C/C(=O)N1C2COCC1CN(Cc1ccc(F)cc1)C2. The third-order valence-corrected chi connectivity index (χ3v) is 11.5. The van der Waals surface area contributed by atoms with E-state index in [4.69, 9.17) is 38.4 Å². The van der Waals surface area contributed by atoms with Crippen LogP contribution < -0.4 is 11.1 Å². The second-order valence-electron chi connectivity index (χ2n) is 15.7. The number of hydrogen-bond acceptors (Lipinski definition) is 8. The van der Waals surface area contributed by atoms with Crippen LogP contribution in [0.5, 0.6) is 0 Å². The maximum Gasteiger partial charge on any atom is 0.247 e. The van der Waals surface area contributed by atoms with Gasteiger partial charge in [0.15, 0.2) is 0 Å². The van der Waals surface area contributed by atoms with Crippen LogP contribution in [0.15, 0.2) is 97.1 Å². The summed E-state index contributed by atoms with van der Waals surface area (Å²) >= 11 is 12.0. The number of ether oxygens (including phenoxy) is 2. The number of amides is 3. The highest BCUT2D eigenvalue weighted by Gasteiger charge is 2.41. The summed E-state index contributed by atoms with van der Waals surface area (Å²) in [7, 11) is 0. The van der Waals surface area contributed by atoms with Gasteiger partial charge in [0.2, 0.25) is 17.7 Å². The molecule has 3 N–H and O–H groups in total. The molecule has 4 saturated heterocycles. The van der Waals surface area contributed by atoms with Crippen LogP contribution in [0.4, 0.5) is 20.2 Å². The molecule has 0 aromatic heterocycles. The molecule has 3 amide bonds. The van der Waals surface area contributed by atoms with E-state index in [0.29, 0.717) is 73.0 Å². The standard InChI is InChI=1S/C24H25ClFN3O3.C22H23ClFN3O2/c1-16(30)27-23-10-19(25)6-4-18(23)5-9-24(31)29-21-12-28(13-22(29)15-32-14-21)11-17-2-7-20(26)8-3-17;23-17-5-3-16(21(25)9-17)4-8-22(28)27-19-11-26(12-20(27)14-29-13-19)10-15-1-6-18(24)7-2-15/h2-10,21-22H,11-15H2,1H3,(H,27,30);1-9,19-20H,10-14,25H2/b9-5+;8-4+. The number of nitrogens with zero attached hydrogens (tertiary/aromatic N) is 4. The zero-order chi connectivity index (χ0) is 43.0. The lowest BCUT2D eigenvalue weighted by atomic mass is 10.0. The lowest BCUT2D eigenvalue weighted by Gasteiger charge is -2.49. The van der Waals surface area contributed by atoms with Gasteiger partial charge in [-0.05, 0) is 82.9 Å². The van der Waals surface area contributed by atoms with E-state index < -0.39 is 0 Å². The topological polar surface area (TPSA) is 121 Å². The summed E-state index contributed by atoms with van der Waals surface area (Å²) in [4.78, 5) is 45.9. The number of hydrogen-bond donors (Lipinski definition) is 2. The van der Waals surface area contributed by atoms with Crippen LogP contribution in [0.1, 0.15) is 29.2 Å². The van der Waals surface area contributed by atoms with Crippen molar-refractivity contribution in [3.05, 3.63) is 141 Å². The van der Waals surface area contributed by atoms with Gasteiger partial charge in [0.1, 0.15) is 11.6 Å². The average molecular weight is 874 g/mol. The summed E-state index contributed by atoms with van der Waals surface area (Å²) < 4.78 is 37.7. The summed E-state index contributed by atoms with van der Waals surface area (Å²) in [5.74, 6) is -0.823. The molecule has 320 valence electrons. The molecule has 4 heterocycles. The molecule has 0 spiro atoms. The molecule has 4 aromatic rings. The number of nitrogen functional groups attached to an aromatic ring is 1. The number of nitrogens with one attached hydrogen (secondary N) is 1. The number of carbonyl (C=O) groups is 3. The number of morpholine rings is 2. The molecule has 61 heavy (non-hydrogen) atoms. The van der Waals surface area contributed by atoms with Crippen molar-refractivity contribution in [3.63, 3.8) is 0 Å². The maximum absolute atomic E-state index is 13.2. The molecule has 4 atom stereocenters. The van der Waals surface area contributed by atoms with Gasteiger partial charge >= 0.3 is 0 Å². The molecule has 11 nitrogen and oxygen atoms in total. The van der Waals surface area contributed by atoms with Crippen LogP contribution in [-0.4, -0.2) is 114 Å². The summed E-state index contributed by atoms with van der Waals surface area (Å²) in [6.07, 6.45) is 6.54. The fourth-order valence-electron chi connectivity index (χ4n) is 8.34. The molecule has 0 radical (unpaired) electrons. The van der Waals surface area contributed by atoms with Gasteiger partial charge in [-0.25, -0.2) is 8.78 Å². The lowest BCUT2D eigenvalue weighted by Crippen LogP contribution is -2.65. The predicted molar refractivity (Wildman–Crippen MR) is 234 cm³/mol. The van der Waals surface area contributed by atoms with Crippen LogP contribution >= 0.6 is 23.2 Å². The van der Waals surface area contributed by atoms with Gasteiger partial charge in [0, 0.05) is 79.8 Å². The highest BCUT2D eigenvalue weighted by molar-refractivity contribution is 6.31. The number of fused-ring (bicyclic) bond motifs is 4. The van der Waals surface area contributed by atoms with E-state index >= 15 is 0 Å². The first-order chi connectivity index (χ1) is 29.4. The van der Waals surface area contributed by atoms with Gasteiger partial charge in [-0.1, -0.05) is 59.6 Å². The highest BCUT2D eigenvalue weighted by atomic mass is 35.5. The smallest absolute Gasteiger partial charge is 0.247 e. The largest absolute Gasteiger partial charge is 0.398 e. The Morgan fingerprint density at radius 2 is 1.07 bits per heavy atom. The van der Waals surface area contributed by atoms with Gasteiger partial charge in [-0.15, -0.1) is 0 Å². The predicted octanol–water partition coefficient (Wildman–Crippen LogP) is 6.75. The van der Waals surface area contributed by atoms with Crippen molar-refractivity contribution in [2.24, 2.45) is 0 Å². The van der Waals surface area contributed by atoms with Crippen LogP contribution in [0.3, 0.4) is 0 Å². The van der Waals surface area contributed by atoms with Crippen LogP contribution in [-0.2, 0) is 36.9 Å².